The molecule has 0 aromatic rings. The summed E-state index contributed by atoms with van der Waals surface area (Å²) in [5.41, 5.74) is 0. The summed E-state index contributed by atoms with van der Waals surface area (Å²) in [6, 6.07) is 0.458. The Bertz CT molecular complexity index is 307. The van der Waals surface area contributed by atoms with Gasteiger partial charge in [0.1, 0.15) is 12.4 Å². The second kappa shape index (κ2) is 13.7. The molecule has 0 saturated carbocycles. The lowest BCUT2D eigenvalue weighted by molar-refractivity contribution is -0.126. The highest BCUT2D eigenvalue weighted by molar-refractivity contribution is 5.80. The Kier molecular flexibility index (Phi) is 13.1. The highest BCUT2D eigenvalue weighted by Gasteiger charge is 2.07. The lowest BCUT2D eigenvalue weighted by atomic mass is 10.1. The number of ether oxygens (including phenoxy) is 2. The van der Waals surface area contributed by atoms with Crippen molar-refractivity contribution in [1.29, 1.82) is 0 Å². The van der Waals surface area contributed by atoms with Gasteiger partial charge in [0.2, 0.25) is 5.91 Å². The first-order valence-electron chi connectivity index (χ1n) is 8.11. The van der Waals surface area contributed by atoms with Crippen LogP contribution in [-0.2, 0) is 19.1 Å². The van der Waals surface area contributed by atoms with Crippen molar-refractivity contribution in [2.24, 2.45) is 5.92 Å². The molecule has 22 heavy (non-hydrogen) atoms. The summed E-state index contributed by atoms with van der Waals surface area (Å²) in [5.74, 6) is 0.142. The van der Waals surface area contributed by atoms with E-state index in [1.54, 1.807) is 0 Å². The Hall–Kier alpha value is -0.980. The van der Waals surface area contributed by atoms with Crippen molar-refractivity contribution in [3.8, 4) is 0 Å². The van der Waals surface area contributed by atoms with Crippen molar-refractivity contribution in [2.75, 3.05) is 39.5 Å². The van der Waals surface area contributed by atoms with Gasteiger partial charge in [-0.15, -0.1) is 0 Å². The highest BCUT2D eigenvalue weighted by Crippen LogP contribution is 2.00. The SMILES string of the molecule is CC(C)NCCOCCOCC(=O)NCCCC(=O)C(C)C. The molecular formula is C16H32N2O4. The van der Waals surface area contributed by atoms with Gasteiger partial charge in [0.15, 0.2) is 0 Å². The van der Waals surface area contributed by atoms with Crippen LogP contribution < -0.4 is 10.6 Å². The zero-order valence-corrected chi connectivity index (χ0v) is 14.4. The molecule has 0 unspecified atom stereocenters. The van der Waals surface area contributed by atoms with Crippen LogP contribution in [0.25, 0.3) is 0 Å². The minimum atomic E-state index is -0.154. The number of carbonyl (C=O) groups excluding carboxylic acids is 2. The molecule has 0 aliphatic heterocycles. The molecule has 0 saturated heterocycles. The second-order valence-electron chi connectivity index (χ2n) is 5.85. The van der Waals surface area contributed by atoms with E-state index in [0.29, 0.717) is 45.2 Å². The van der Waals surface area contributed by atoms with Gasteiger partial charge in [0.25, 0.3) is 0 Å². The third-order valence-electron chi connectivity index (χ3n) is 2.97. The van der Waals surface area contributed by atoms with Crippen molar-refractivity contribution in [3.05, 3.63) is 0 Å². The normalized spacial score (nSPS) is 11.2. The fourth-order valence-electron chi connectivity index (χ4n) is 1.63. The molecule has 0 radical (unpaired) electrons. The van der Waals surface area contributed by atoms with Gasteiger partial charge in [-0.1, -0.05) is 27.7 Å². The maximum absolute atomic E-state index is 11.5. The Morgan fingerprint density at radius 1 is 0.955 bits per heavy atom. The van der Waals surface area contributed by atoms with E-state index in [1.807, 2.05) is 13.8 Å². The number of ketones is 1. The van der Waals surface area contributed by atoms with Gasteiger partial charge in [-0.2, -0.15) is 0 Å². The van der Waals surface area contributed by atoms with Gasteiger partial charge in [0.05, 0.1) is 19.8 Å². The molecule has 0 spiro atoms. The molecule has 0 aromatic heterocycles. The molecule has 0 bridgehead atoms. The average molecular weight is 316 g/mol. The zero-order chi connectivity index (χ0) is 16.8. The van der Waals surface area contributed by atoms with Crippen molar-refractivity contribution in [2.45, 2.75) is 46.6 Å². The first-order chi connectivity index (χ1) is 10.4. The number of nitrogens with one attached hydrogen (secondary N) is 2. The van der Waals surface area contributed by atoms with Crippen molar-refractivity contribution in [3.63, 3.8) is 0 Å². The van der Waals surface area contributed by atoms with E-state index >= 15 is 0 Å². The number of carbonyl (C=O) groups is 2. The van der Waals surface area contributed by atoms with Gasteiger partial charge >= 0.3 is 0 Å². The molecule has 0 atom stereocenters. The number of rotatable bonds is 14. The van der Waals surface area contributed by atoms with Crippen LogP contribution in [0, 0.1) is 5.92 Å². The van der Waals surface area contributed by atoms with Gasteiger partial charge in [-0.05, 0) is 6.42 Å². The quantitative estimate of drug-likeness (QED) is 0.470. The summed E-state index contributed by atoms with van der Waals surface area (Å²) in [5, 5.41) is 5.98. The van der Waals surface area contributed by atoms with Crippen molar-refractivity contribution < 1.29 is 19.1 Å². The molecular weight excluding hydrogens is 284 g/mol. The predicted octanol–water partition coefficient (Wildman–Crippen LogP) is 1.14. The number of Topliss-reactive ketones (excluding diaryl/α,β-unsaturated/α-hetero) is 1. The Morgan fingerprint density at radius 2 is 1.64 bits per heavy atom. The maximum atomic E-state index is 11.5. The van der Waals surface area contributed by atoms with Crippen LogP contribution in [0.1, 0.15) is 40.5 Å². The number of hydrogen-bond donors (Lipinski definition) is 2. The van der Waals surface area contributed by atoms with E-state index in [9.17, 15) is 9.59 Å². The molecule has 0 heterocycles. The fourth-order valence-corrected chi connectivity index (χ4v) is 1.63. The predicted molar refractivity (Wildman–Crippen MR) is 86.9 cm³/mol. The van der Waals surface area contributed by atoms with Crippen LogP contribution in [-0.4, -0.2) is 57.2 Å². The lowest BCUT2D eigenvalue weighted by Gasteiger charge is -2.09. The van der Waals surface area contributed by atoms with Crippen molar-refractivity contribution in [1.82, 2.24) is 10.6 Å². The molecule has 130 valence electrons. The maximum Gasteiger partial charge on any atom is 0.245 e. The van der Waals surface area contributed by atoms with E-state index in [1.165, 1.54) is 0 Å². The summed E-state index contributed by atoms with van der Waals surface area (Å²) >= 11 is 0. The van der Waals surface area contributed by atoms with Gasteiger partial charge in [-0.25, -0.2) is 0 Å². The molecule has 0 rings (SSSR count). The Balaban J connectivity index is 3.31. The van der Waals surface area contributed by atoms with Crippen molar-refractivity contribution >= 4 is 11.7 Å². The van der Waals surface area contributed by atoms with Crippen LogP contribution in [0.4, 0.5) is 0 Å². The van der Waals surface area contributed by atoms with Crippen LogP contribution in [0.3, 0.4) is 0 Å². The molecule has 6 nitrogen and oxygen atoms in total. The van der Waals surface area contributed by atoms with E-state index < -0.39 is 0 Å². The topological polar surface area (TPSA) is 76.7 Å². The molecule has 1 amide bonds. The van der Waals surface area contributed by atoms with Gasteiger partial charge in [0, 0.05) is 31.5 Å². The zero-order valence-electron chi connectivity index (χ0n) is 14.4. The third-order valence-corrected chi connectivity index (χ3v) is 2.97. The summed E-state index contributed by atoms with van der Waals surface area (Å²) in [4.78, 5) is 22.8. The minimum Gasteiger partial charge on any atom is -0.378 e. The van der Waals surface area contributed by atoms with Crippen LogP contribution in [0.15, 0.2) is 0 Å². The number of amides is 1. The smallest absolute Gasteiger partial charge is 0.245 e. The molecule has 6 heteroatoms. The lowest BCUT2D eigenvalue weighted by Crippen LogP contribution is -2.30. The Labute approximate surface area is 134 Å². The molecule has 0 aromatic carbocycles. The third kappa shape index (κ3) is 14.0. The molecule has 2 N–H and O–H groups in total. The van der Waals surface area contributed by atoms with Crippen LogP contribution in [0.5, 0.6) is 0 Å². The summed E-state index contributed by atoms with van der Waals surface area (Å²) < 4.78 is 10.6. The van der Waals surface area contributed by atoms with Gasteiger partial charge in [-0.3, -0.25) is 9.59 Å². The summed E-state index contributed by atoms with van der Waals surface area (Å²) in [6.07, 6.45) is 1.19. The molecule has 0 fully saturated rings. The first-order valence-corrected chi connectivity index (χ1v) is 8.11. The average Bonchev–Trinajstić information content (AvgIpc) is 2.45. The summed E-state index contributed by atoms with van der Waals surface area (Å²) in [7, 11) is 0. The van der Waals surface area contributed by atoms with Crippen LogP contribution in [0.2, 0.25) is 0 Å². The first kappa shape index (κ1) is 21.0. The van der Waals surface area contributed by atoms with E-state index in [2.05, 4.69) is 24.5 Å². The summed E-state index contributed by atoms with van der Waals surface area (Å²) in [6.45, 7) is 10.8. The Morgan fingerprint density at radius 3 is 2.27 bits per heavy atom. The van der Waals surface area contributed by atoms with Crippen LogP contribution >= 0.6 is 0 Å². The van der Waals surface area contributed by atoms with E-state index in [0.717, 1.165) is 6.54 Å². The minimum absolute atomic E-state index is 0.0335. The van der Waals surface area contributed by atoms with E-state index in [-0.39, 0.29) is 24.2 Å². The second-order valence-corrected chi connectivity index (χ2v) is 5.85. The number of hydrogen-bond acceptors (Lipinski definition) is 5. The standard InChI is InChI=1S/C16H32N2O4/c1-13(2)15(19)6-5-7-18-16(20)12-22-11-10-21-9-8-17-14(3)4/h13-14,17H,5-12H2,1-4H3,(H,18,20). The monoisotopic (exact) mass is 316 g/mol. The molecule has 0 aliphatic carbocycles. The fraction of sp³-hybridized carbons (Fsp3) is 0.875. The van der Waals surface area contributed by atoms with Gasteiger partial charge < -0.3 is 20.1 Å². The van der Waals surface area contributed by atoms with E-state index in [4.69, 9.17) is 9.47 Å². The highest BCUT2D eigenvalue weighted by atomic mass is 16.5. The molecule has 0 aliphatic rings. The largest absolute Gasteiger partial charge is 0.378 e.